The second kappa shape index (κ2) is 5.96. The van der Waals surface area contributed by atoms with Gasteiger partial charge in [-0.05, 0) is 46.6 Å². The summed E-state index contributed by atoms with van der Waals surface area (Å²) in [7, 11) is 0. The van der Waals surface area contributed by atoms with Gasteiger partial charge in [0.2, 0.25) is 0 Å². The van der Waals surface area contributed by atoms with Crippen LogP contribution in [0.2, 0.25) is 0 Å². The highest BCUT2D eigenvalue weighted by Crippen LogP contribution is 2.32. The number of hydrogen-bond donors (Lipinski definition) is 1. The molecule has 0 spiro atoms. The van der Waals surface area contributed by atoms with E-state index in [0.717, 1.165) is 43.8 Å². The van der Waals surface area contributed by atoms with Gasteiger partial charge in [-0.1, -0.05) is 5.16 Å². The van der Waals surface area contributed by atoms with Gasteiger partial charge in [0.25, 0.3) is 5.91 Å². The summed E-state index contributed by atoms with van der Waals surface area (Å²) in [6.45, 7) is 7.68. The minimum Gasteiger partial charge on any atom is -0.359 e. The Morgan fingerprint density at radius 2 is 2.17 bits per heavy atom. The fourth-order valence-corrected chi connectivity index (χ4v) is 3.41. The van der Waals surface area contributed by atoms with Crippen LogP contribution in [0.5, 0.6) is 0 Å². The molecule has 1 N–H and O–H groups in total. The summed E-state index contributed by atoms with van der Waals surface area (Å²) in [5.74, 6) is 0.766. The molecule has 0 aromatic carbocycles. The topological polar surface area (TPSA) is 78.7 Å². The number of carbonyl (C=O) groups is 2. The van der Waals surface area contributed by atoms with Crippen molar-refractivity contribution < 1.29 is 14.1 Å². The number of hydrogen-bond acceptors (Lipinski definition) is 5. The summed E-state index contributed by atoms with van der Waals surface area (Å²) in [5, 5.41) is 6.68. The summed E-state index contributed by atoms with van der Waals surface area (Å²) >= 11 is 0. The zero-order chi connectivity index (χ0) is 16.6. The van der Waals surface area contributed by atoms with Crippen LogP contribution in [0.15, 0.2) is 10.6 Å². The summed E-state index contributed by atoms with van der Waals surface area (Å²) in [5.41, 5.74) is 0.110. The second-order valence-corrected chi connectivity index (χ2v) is 6.93. The molecule has 0 saturated carbocycles. The van der Waals surface area contributed by atoms with Gasteiger partial charge < -0.3 is 9.84 Å². The Morgan fingerprint density at radius 1 is 1.39 bits per heavy atom. The Kier molecular flexibility index (Phi) is 4.14. The van der Waals surface area contributed by atoms with Crippen LogP contribution in [0.3, 0.4) is 0 Å². The highest BCUT2D eigenvalue weighted by Gasteiger charge is 2.43. The standard InChI is InChI=1S/C16H24N4O3/c1-11-10-13(23-18-11)12-6-4-7-19(12)8-5-9-20-14(21)16(2,3)17-15(20)22/h10,12H,4-9H2,1-3H3,(H,17,22). The first kappa shape index (κ1) is 16.0. The Morgan fingerprint density at radius 3 is 2.78 bits per heavy atom. The third kappa shape index (κ3) is 3.10. The van der Waals surface area contributed by atoms with E-state index in [0.29, 0.717) is 6.54 Å². The highest BCUT2D eigenvalue weighted by atomic mass is 16.5. The van der Waals surface area contributed by atoms with Gasteiger partial charge >= 0.3 is 6.03 Å². The first-order chi connectivity index (χ1) is 10.9. The van der Waals surface area contributed by atoms with Crippen LogP contribution in [0.4, 0.5) is 4.79 Å². The zero-order valence-corrected chi connectivity index (χ0v) is 14.0. The van der Waals surface area contributed by atoms with Crippen LogP contribution in [-0.4, -0.2) is 52.1 Å². The predicted octanol–water partition coefficient (Wildman–Crippen LogP) is 1.84. The summed E-state index contributed by atoms with van der Waals surface area (Å²) < 4.78 is 5.40. The molecule has 3 heterocycles. The number of likely N-dealkylation sites (tertiary alicyclic amines) is 1. The molecule has 7 nitrogen and oxygen atoms in total. The molecule has 2 aliphatic rings. The largest absolute Gasteiger partial charge is 0.359 e. The van der Waals surface area contributed by atoms with E-state index in [4.69, 9.17) is 4.52 Å². The molecule has 7 heteroatoms. The molecule has 3 amide bonds. The van der Waals surface area contributed by atoms with E-state index in [-0.39, 0.29) is 18.0 Å². The van der Waals surface area contributed by atoms with E-state index in [2.05, 4.69) is 15.4 Å². The first-order valence-corrected chi connectivity index (χ1v) is 8.20. The molecule has 1 atom stereocenters. The third-order valence-electron chi connectivity index (χ3n) is 4.61. The number of nitrogens with zero attached hydrogens (tertiary/aromatic N) is 3. The van der Waals surface area contributed by atoms with Crippen molar-refractivity contribution in [1.82, 2.24) is 20.3 Å². The van der Waals surface area contributed by atoms with Crippen molar-refractivity contribution in [2.24, 2.45) is 0 Å². The molecule has 23 heavy (non-hydrogen) atoms. The lowest BCUT2D eigenvalue weighted by atomic mass is 10.1. The van der Waals surface area contributed by atoms with Crippen molar-refractivity contribution >= 4 is 11.9 Å². The Labute approximate surface area is 136 Å². The monoisotopic (exact) mass is 320 g/mol. The summed E-state index contributed by atoms with van der Waals surface area (Å²) in [4.78, 5) is 27.7. The van der Waals surface area contributed by atoms with Crippen molar-refractivity contribution in [3.63, 3.8) is 0 Å². The van der Waals surface area contributed by atoms with Crippen molar-refractivity contribution in [2.45, 2.75) is 51.6 Å². The number of urea groups is 1. The Balaban J connectivity index is 1.54. The van der Waals surface area contributed by atoms with Gasteiger partial charge in [-0.3, -0.25) is 14.6 Å². The van der Waals surface area contributed by atoms with Gasteiger partial charge in [-0.15, -0.1) is 0 Å². The normalized spacial score (nSPS) is 24.5. The van der Waals surface area contributed by atoms with Crippen molar-refractivity contribution in [3.8, 4) is 0 Å². The van der Waals surface area contributed by atoms with Crippen LogP contribution in [0.25, 0.3) is 0 Å². The van der Waals surface area contributed by atoms with Gasteiger partial charge in [0.05, 0.1) is 11.7 Å². The van der Waals surface area contributed by atoms with Crippen LogP contribution in [0, 0.1) is 6.92 Å². The third-order valence-corrected chi connectivity index (χ3v) is 4.61. The second-order valence-electron chi connectivity index (χ2n) is 6.93. The number of amides is 3. The molecule has 0 aliphatic carbocycles. The van der Waals surface area contributed by atoms with Crippen LogP contribution in [-0.2, 0) is 4.79 Å². The van der Waals surface area contributed by atoms with Crippen LogP contribution >= 0.6 is 0 Å². The molecular weight excluding hydrogens is 296 g/mol. The van der Waals surface area contributed by atoms with Gasteiger partial charge in [0, 0.05) is 19.2 Å². The van der Waals surface area contributed by atoms with Crippen molar-refractivity contribution in [2.75, 3.05) is 19.6 Å². The number of rotatable bonds is 5. The number of aryl methyl sites for hydroxylation is 1. The van der Waals surface area contributed by atoms with Crippen LogP contribution < -0.4 is 5.32 Å². The molecular formula is C16H24N4O3. The maximum absolute atomic E-state index is 12.2. The first-order valence-electron chi connectivity index (χ1n) is 8.20. The lowest BCUT2D eigenvalue weighted by molar-refractivity contribution is -0.130. The van der Waals surface area contributed by atoms with Gasteiger partial charge in [0.15, 0.2) is 5.76 Å². The molecule has 0 bridgehead atoms. The molecule has 1 aromatic heterocycles. The molecule has 3 rings (SSSR count). The number of carbonyl (C=O) groups excluding carboxylic acids is 2. The minimum atomic E-state index is -0.787. The van der Waals surface area contributed by atoms with Gasteiger partial charge in [-0.2, -0.15) is 0 Å². The molecule has 1 unspecified atom stereocenters. The molecule has 1 aromatic rings. The molecule has 0 radical (unpaired) electrons. The van der Waals surface area contributed by atoms with E-state index >= 15 is 0 Å². The Bertz CT molecular complexity index is 610. The number of aromatic nitrogens is 1. The summed E-state index contributed by atoms with van der Waals surface area (Å²) in [6, 6.07) is 1.96. The minimum absolute atomic E-state index is 0.147. The van der Waals surface area contributed by atoms with E-state index in [1.54, 1.807) is 13.8 Å². The van der Waals surface area contributed by atoms with E-state index in [1.807, 2.05) is 13.0 Å². The lowest BCUT2D eigenvalue weighted by Gasteiger charge is -2.23. The van der Waals surface area contributed by atoms with Gasteiger partial charge in [-0.25, -0.2) is 4.79 Å². The van der Waals surface area contributed by atoms with Crippen molar-refractivity contribution in [3.05, 3.63) is 17.5 Å². The Hall–Kier alpha value is -1.89. The van der Waals surface area contributed by atoms with E-state index in [9.17, 15) is 9.59 Å². The predicted molar refractivity (Wildman–Crippen MR) is 83.7 cm³/mol. The average molecular weight is 320 g/mol. The maximum Gasteiger partial charge on any atom is 0.325 e. The SMILES string of the molecule is Cc1cc(C2CCCN2CCCN2C(=O)NC(C)(C)C2=O)on1. The van der Waals surface area contributed by atoms with E-state index in [1.165, 1.54) is 4.90 Å². The average Bonchev–Trinajstić information content (AvgIpc) is 3.14. The molecule has 2 saturated heterocycles. The quantitative estimate of drug-likeness (QED) is 0.838. The van der Waals surface area contributed by atoms with Crippen molar-refractivity contribution in [1.29, 1.82) is 0 Å². The fourth-order valence-electron chi connectivity index (χ4n) is 3.41. The lowest BCUT2D eigenvalue weighted by Crippen LogP contribution is -2.40. The number of nitrogens with one attached hydrogen (secondary N) is 1. The number of imide groups is 1. The summed E-state index contributed by atoms with van der Waals surface area (Å²) in [6.07, 6.45) is 2.95. The molecule has 2 fully saturated rings. The fraction of sp³-hybridized carbons (Fsp3) is 0.688. The van der Waals surface area contributed by atoms with Crippen LogP contribution in [0.1, 0.15) is 50.6 Å². The highest BCUT2D eigenvalue weighted by molar-refractivity contribution is 6.06. The molecule has 2 aliphatic heterocycles. The molecule has 126 valence electrons. The van der Waals surface area contributed by atoms with Gasteiger partial charge in [0.1, 0.15) is 5.54 Å². The smallest absolute Gasteiger partial charge is 0.325 e. The van der Waals surface area contributed by atoms with E-state index < -0.39 is 5.54 Å². The zero-order valence-electron chi connectivity index (χ0n) is 14.0. The maximum atomic E-state index is 12.2.